The monoisotopic (exact) mass is 316 g/mol. The fraction of sp³-hybridized carbons (Fsp3) is 0.143. The Kier molecular flexibility index (Phi) is 4.94. The van der Waals surface area contributed by atoms with Crippen LogP contribution in [-0.2, 0) is 6.42 Å². The molecule has 0 aliphatic heterocycles. The van der Waals surface area contributed by atoms with E-state index in [1.165, 1.54) is 24.3 Å². The van der Waals surface area contributed by atoms with Gasteiger partial charge < -0.3 is 0 Å². The maximum Gasteiger partial charge on any atom is 0.142 e. The van der Waals surface area contributed by atoms with Crippen LogP contribution in [0.2, 0.25) is 10.0 Å². The molecule has 0 saturated carbocycles. The highest BCUT2D eigenvalue weighted by Gasteiger charge is 2.16. The van der Waals surface area contributed by atoms with Crippen LogP contribution in [-0.4, -0.2) is 0 Å². The van der Waals surface area contributed by atoms with Crippen molar-refractivity contribution >= 4 is 23.2 Å². The standard InChI is InChI=1S/C14H12Cl2F2N2/c15-10-2-1-3-12(17)9(10)7-14(20-19)8-4-5-11(16)13(18)6-8/h1-6,14,20H,7,19H2. The van der Waals surface area contributed by atoms with Gasteiger partial charge in [-0.1, -0.05) is 35.3 Å². The molecule has 0 bridgehead atoms. The van der Waals surface area contributed by atoms with Gasteiger partial charge in [0.2, 0.25) is 0 Å². The number of halogens is 4. The smallest absolute Gasteiger partial charge is 0.142 e. The summed E-state index contributed by atoms with van der Waals surface area (Å²) in [4.78, 5) is 0. The van der Waals surface area contributed by atoms with Crippen molar-refractivity contribution in [2.75, 3.05) is 0 Å². The lowest BCUT2D eigenvalue weighted by Crippen LogP contribution is -2.30. The van der Waals surface area contributed by atoms with Gasteiger partial charge in [0.05, 0.1) is 11.1 Å². The Morgan fingerprint density at radius 3 is 2.40 bits per heavy atom. The Morgan fingerprint density at radius 1 is 1.05 bits per heavy atom. The Morgan fingerprint density at radius 2 is 1.80 bits per heavy atom. The number of hydrogen-bond donors (Lipinski definition) is 2. The third-order valence-electron chi connectivity index (χ3n) is 3.02. The fourth-order valence-electron chi connectivity index (χ4n) is 1.93. The SMILES string of the molecule is NNC(Cc1c(F)cccc1Cl)c1ccc(Cl)c(F)c1. The van der Waals surface area contributed by atoms with Crippen molar-refractivity contribution in [2.24, 2.45) is 5.84 Å². The summed E-state index contributed by atoms with van der Waals surface area (Å²) in [5.41, 5.74) is 3.42. The van der Waals surface area contributed by atoms with Crippen LogP contribution in [0.25, 0.3) is 0 Å². The molecule has 0 amide bonds. The zero-order valence-electron chi connectivity index (χ0n) is 10.3. The summed E-state index contributed by atoms with van der Waals surface area (Å²) in [7, 11) is 0. The van der Waals surface area contributed by atoms with Crippen molar-refractivity contribution in [1.29, 1.82) is 0 Å². The van der Waals surface area contributed by atoms with Crippen LogP contribution < -0.4 is 11.3 Å². The van der Waals surface area contributed by atoms with Crippen molar-refractivity contribution in [2.45, 2.75) is 12.5 Å². The summed E-state index contributed by atoms with van der Waals surface area (Å²) in [5.74, 6) is 4.49. The minimum atomic E-state index is -0.552. The Hall–Kier alpha value is -1.20. The van der Waals surface area contributed by atoms with Gasteiger partial charge in [-0.3, -0.25) is 11.3 Å². The molecular formula is C14H12Cl2F2N2. The van der Waals surface area contributed by atoms with E-state index in [1.807, 2.05) is 0 Å². The molecule has 0 fully saturated rings. The first-order valence-electron chi connectivity index (χ1n) is 5.87. The van der Waals surface area contributed by atoms with E-state index in [0.717, 1.165) is 0 Å². The second kappa shape index (κ2) is 6.50. The minimum Gasteiger partial charge on any atom is -0.271 e. The van der Waals surface area contributed by atoms with Gasteiger partial charge in [0.25, 0.3) is 0 Å². The van der Waals surface area contributed by atoms with Gasteiger partial charge in [-0.15, -0.1) is 0 Å². The van der Waals surface area contributed by atoms with Crippen molar-refractivity contribution in [3.05, 3.63) is 69.2 Å². The van der Waals surface area contributed by atoms with Gasteiger partial charge in [0.15, 0.2) is 0 Å². The first kappa shape index (κ1) is 15.2. The molecule has 1 unspecified atom stereocenters. The van der Waals surface area contributed by atoms with E-state index in [2.05, 4.69) is 5.43 Å². The maximum atomic E-state index is 13.8. The molecule has 2 nitrogen and oxygen atoms in total. The zero-order chi connectivity index (χ0) is 14.7. The molecule has 0 radical (unpaired) electrons. The Bertz CT molecular complexity index is 600. The summed E-state index contributed by atoms with van der Waals surface area (Å²) in [6.45, 7) is 0. The number of nitrogens with one attached hydrogen (secondary N) is 1. The fourth-order valence-corrected chi connectivity index (χ4v) is 2.29. The maximum absolute atomic E-state index is 13.8. The number of hydrazine groups is 1. The van der Waals surface area contributed by atoms with E-state index in [4.69, 9.17) is 29.0 Å². The van der Waals surface area contributed by atoms with Gasteiger partial charge in [-0.2, -0.15) is 0 Å². The largest absolute Gasteiger partial charge is 0.271 e. The topological polar surface area (TPSA) is 38.0 Å². The van der Waals surface area contributed by atoms with Crippen molar-refractivity contribution in [3.8, 4) is 0 Å². The molecule has 0 saturated heterocycles. The number of rotatable bonds is 4. The number of hydrogen-bond acceptors (Lipinski definition) is 2. The first-order valence-corrected chi connectivity index (χ1v) is 6.62. The average molecular weight is 317 g/mol. The van der Waals surface area contributed by atoms with E-state index >= 15 is 0 Å². The van der Waals surface area contributed by atoms with E-state index in [9.17, 15) is 8.78 Å². The first-order chi connectivity index (χ1) is 9.52. The molecule has 2 rings (SSSR count). The van der Waals surface area contributed by atoms with Gasteiger partial charge in [0.1, 0.15) is 11.6 Å². The summed E-state index contributed by atoms with van der Waals surface area (Å²) in [6, 6.07) is 8.28. The van der Waals surface area contributed by atoms with Gasteiger partial charge in [-0.25, -0.2) is 8.78 Å². The Balaban J connectivity index is 2.31. The third kappa shape index (κ3) is 3.27. The highest BCUT2D eigenvalue weighted by atomic mass is 35.5. The van der Waals surface area contributed by atoms with E-state index in [-0.39, 0.29) is 11.4 Å². The van der Waals surface area contributed by atoms with E-state index in [1.54, 1.807) is 12.1 Å². The van der Waals surface area contributed by atoms with Crippen LogP contribution in [0.1, 0.15) is 17.2 Å². The van der Waals surface area contributed by atoms with Crippen molar-refractivity contribution < 1.29 is 8.78 Å². The molecule has 0 aliphatic rings. The lowest BCUT2D eigenvalue weighted by atomic mass is 9.99. The van der Waals surface area contributed by atoms with Crippen LogP contribution in [0.15, 0.2) is 36.4 Å². The molecule has 106 valence electrons. The molecule has 20 heavy (non-hydrogen) atoms. The molecule has 0 spiro atoms. The van der Waals surface area contributed by atoms with Crippen LogP contribution in [0.5, 0.6) is 0 Å². The molecule has 0 aromatic heterocycles. The predicted molar refractivity (Wildman–Crippen MR) is 76.6 cm³/mol. The van der Waals surface area contributed by atoms with Crippen LogP contribution in [0.3, 0.4) is 0 Å². The van der Waals surface area contributed by atoms with Gasteiger partial charge in [-0.05, 0) is 36.2 Å². The Labute approximate surface area is 125 Å². The summed E-state index contributed by atoms with van der Waals surface area (Å²) in [6.07, 6.45) is 0.197. The summed E-state index contributed by atoms with van der Waals surface area (Å²) in [5, 5.41) is 0.327. The zero-order valence-corrected chi connectivity index (χ0v) is 11.8. The van der Waals surface area contributed by atoms with Gasteiger partial charge >= 0.3 is 0 Å². The highest BCUT2D eigenvalue weighted by molar-refractivity contribution is 6.31. The van der Waals surface area contributed by atoms with Crippen LogP contribution >= 0.6 is 23.2 Å². The van der Waals surface area contributed by atoms with Crippen molar-refractivity contribution in [3.63, 3.8) is 0 Å². The third-order valence-corrected chi connectivity index (χ3v) is 3.68. The number of benzene rings is 2. The molecule has 2 aromatic rings. The quantitative estimate of drug-likeness (QED) is 0.660. The van der Waals surface area contributed by atoms with Crippen molar-refractivity contribution in [1.82, 2.24) is 5.43 Å². The van der Waals surface area contributed by atoms with Crippen LogP contribution in [0, 0.1) is 11.6 Å². The van der Waals surface area contributed by atoms with E-state index < -0.39 is 17.7 Å². The summed E-state index contributed by atoms with van der Waals surface area (Å²) >= 11 is 11.6. The minimum absolute atomic E-state index is 0.0217. The summed E-state index contributed by atoms with van der Waals surface area (Å²) < 4.78 is 27.2. The lowest BCUT2D eigenvalue weighted by molar-refractivity contribution is 0.525. The molecule has 1 atom stereocenters. The molecule has 0 aliphatic carbocycles. The molecule has 3 N–H and O–H groups in total. The highest BCUT2D eigenvalue weighted by Crippen LogP contribution is 2.27. The molecular weight excluding hydrogens is 305 g/mol. The van der Waals surface area contributed by atoms with Gasteiger partial charge in [0, 0.05) is 10.6 Å². The molecule has 2 aromatic carbocycles. The second-order valence-electron chi connectivity index (χ2n) is 4.30. The van der Waals surface area contributed by atoms with Crippen LogP contribution in [0.4, 0.5) is 8.78 Å². The normalized spacial score (nSPS) is 12.4. The molecule has 6 heteroatoms. The second-order valence-corrected chi connectivity index (χ2v) is 5.11. The average Bonchev–Trinajstić information content (AvgIpc) is 2.42. The molecule has 0 heterocycles. The lowest BCUT2D eigenvalue weighted by Gasteiger charge is -2.18. The number of nitrogens with two attached hydrogens (primary N) is 1. The predicted octanol–water partition coefficient (Wildman–Crippen LogP) is 4.02. The van der Waals surface area contributed by atoms with E-state index in [0.29, 0.717) is 16.1 Å².